The van der Waals surface area contributed by atoms with Crippen molar-refractivity contribution in [3.8, 4) is 22.8 Å². The first-order valence-corrected chi connectivity index (χ1v) is 13.9. The molecule has 5 nitrogen and oxygen atoms in total. The number of hydrogen-bond donors (Lipinski definition) is 1. The van der Waals surface area contributed by atoms with Crippen molar-refractivity contribution in [1.82, 2.24) is 10.3 Å². The van der Waals surface area contributed by atoms with Crippen LogP contribution in [0.5, 0.6) is 11.5 Å². The van der Waals surface area contributed by atoms with Gasteiger partial charge in [-0.25, -0.2) is 0 Å². The van der Waals surface area contributed by atoms with Gasteiger partial charge in [-0.15, -0.1) is 0 Å². The molecule has 39 heavy (non-hydrogen) atoms. The number of pyridine rings is 1. The largest absolute Gasteiger partial charge is 0.459 e. The quantitative estimate of drug-likeness (QED) is 0.198. The van der Waals surface area contributed by atoms with Crippen LogP contribution in [0.25, 0.3) is 11.3 Å². The Labute approximate surface area is 241 Å². The first-order valence-electron chi connectivity index (χ1n) is 12.7. The zero-order valence-corrected chi connectivity index (χ0v) is 23.9. The molecule has 1 N–H and O–H groups in total. The highest BCUT2D eigenvalue weighted by Gasteiger charge is 2.42. The van der Waals surface area contributed by atoms with E-state index in [9.17, 15) is 0 Å². The van der Waals surface area contributed by atoms with Crippen molar-refractivity contribution < 1.29 is 9.15 Å². The number of aryl methyl sites for hydroxylation is 2. The Morgan fingerprint density at radius 2 is 1.72 bits per heavy atom. The summed E-state index contributed by atoms with van der Waals surface area (Å²) < 4.78 is 13.6. The molecule has 6 rings (SSSR count). The number of rotatable bonds is 6. The zero-order chi connectivity index (χ0) is 26.9. The SMILES string of the molecule is Cc1ccc(-c2ccc([C@@H]3[C@H](c4ccccn4)NC(=S)N3c3ccc(Oc4ccccc4C)cc3)o2)c(Br)c1. The van der Waals surface area contributed by atoms with Crippen LogP contribution in [0.15, 0.2) is 112 Å². The topological polar surface area (TPSA) is 50.5 Å². The second kappa shape index (κ2) is 10.7. The van der Waals surface area contributed by atoms with E-state index in [0.29, 0.717) is 5.11 Å². The van der Waals surface area contributed by atoms with Crippen molar-refractivity contribution in [1.29, 1.82) is 0 Å². The Morgan fingerprint density at radius 3 is 2.46 bits per heavy atom. The van der Waals surface area contributed by atoms with Crippen LogP contribution >= 0.6 is 28.1 Å². The van der Waals surface area contributed by atoms with E-state index in [4.69, 9.17) is 21.4 Å². The van der Waals surface area contributed by atoms with Crippen LogP contribution in [0.3, 0.4) is 0 Å². The summed E-state index contributed by atoms with van der Waals surface area (Å²) in [6.07, 6.45) is 1.80. The normalized spacial score (nSPS) is 16.8. The fourth-order valence-electron chi connectivity index (χ4n) is 4.87. The molecule has 0 amide bonds. The third-order valence-corrected chi connectivity index (χ3v) is 7.81. The van der Waals surface area contributed by atoms with E-state index in [1.165, 1.54) is 5.56 Å². The predicted molar refractivity (Wildman–Crippen MR) is 162 cm³/mol. The number of thiocarbonyl (C=S) groups is 1. The lowest BCUT2D eigenvalue weighted by molar-refractivity contribution is 0.439. The van der Waals surface area contributed by atoms with Crippen LogP contribution in [0.2, 0.25) is 0 Å². The molecule has 5 aromatic rings. The van der Waals surface area contributed by atoms with Crippen LogP contribution in [0.1, 0.15) is 34.7 Å². The minimum absolute atomic E-state index is 0.193. The predicted octanol–water partition coefficient (Wildman–Crippen LogP) is 8.69. The molecule has 0 radical (unpaired) electrons. The highest BCUT2D eigenvalue weighted by atomic mass is 79.9. The molecule has 3 heterocycles. The number of ether oxygens (including phenoxy) is 1. The molecule has 1 aliphatic heterocycles. The summed E-state index contributed by atoms with van der Waals surface area (Å²) >= 11 is 9.57. The minimum Gasteiger partial charge on any atom is -0.459 e. The number of aromatic nitrogens is 1. The lowest BCUT2D eigenvalue weighted by Gasteiger charge is -2.26. The van der Waals surface area contributed by atoms with Crippen LogP contribution in [-0.2, 0) is 0 Å². The number of nitrogens with zero attached hydrogens (tertiary/aromatic N) is 2. The summed E-state index contributed by atoms with van der Waals surface area (Å²) in [5.41, 5.74) is 5.08. The van der Waals surface area contributed by atoms with E-state index >= 15 is 0 Å². The molecule has 0 bridgehead atoms. The third-order valence-electron chi connectivity index (χ3n) is 6.84. The van der Waals surface area contributed by atoms with Crippen molar-refractivity contribution in [2.75, 3.05) is 4.90 Å². The van der Waals surface area contributed by atoms with Gasteiger partial charge in [0.25, 0.3) is 0 Å². The standard InChI is InChI=1S/C32H26BrN3O2S/c1-20-10-15-24(25(33)19-20)28-16-17-29(38-28)31-30(26-8-5-6-18-34-26)35-32(39)36(31)22-11-13-23(14-12-22)37-27-9-4-3-7-21(27)2/h3-19,30-31H,1-2H3,(H,35,39)/t30-,31+/m0/s1. The fraction of sp³-hybridized carbons (Fsp3) is 0.125. The van der Waals surface area contributed by atoms with Gasteiger partial charge in [0, 0.05) is 21.9 Å². The van der Waals surface area contributed by atoms with E-state index < -0.39 is 0 Å². The van der Waals surface area contributed by atoms with Gasteiger partial charge in [-0.1, -0.05) is 46.3 Å². The fourth-order valence-corrected chi connectivity index (χ4v) is 5.91. The Hall–Kier alpha value is -3.94. The van der Waals surface area contributed by atoms with Crippen LogP contribution < -0.4 is 15.0 Å². The van der Waals surface area contributed by atoms with Crippen molar-refractivity contribution in [2.24, 2.45) is 0 Å². The lowest BCUT2D eigenvalue weighted by Crippen LogP contribution is -2.29. The zero-order valence-electron chi connectivity index (χ0n) is 21.5. The number of anilines is 1. The maximum atomic E-state index is 6.52. The second-order valence-electron chi connectivity index (χ2n) is 9.54. The van der Waals surface area contributed by atoms with Gasteiger partial charge in [-0.05, 0) is 104 Å². The highest BCUT2D eigenvalue weighted by molar-refractivity contribution is 9.10. The van der Waals surface area contributed by atoms with Crippen LogP contribution in [-0.4, -0.2) is 10.1 Å². The average molecular weight is 597 g/mol. The van der Waals surface area contributed by atoms with Crippen molar-refractivity contribution in [3.63, 3.8) is 0 Å². The molecule has 2 atom stereocenters. The molecule has 1 aliphatic rings. The van der Waals surface area contributed by atoms with Gasteiger partial charge in [-0.2, -0.15) is 0 Å². The number of nitrogens with one attached hydrogen (secondary N) is 1. The van der Waals surface area contributed by atoms with Crippen molar-refractivity contribution in [3.05, 3.63) is 130 Å². The summed E-state index contributed by atoms with van der Waals surface area (Å²) in [5.74, 6) is 3.17. The van der Waals surface area contributed by atoms with Crippen molar-refractivity contribution >= 4 is 38.9 Å². The van der Waals surface area contributed by atoms with E-state index in [1.54, 1.807) is 6.20 Å². The summed E-state index contributed by atoms with van der Waals surface area (Å²) in [4.78, 5) is 6.74. The molecule has 0 saturated carbocycles. The summed E-state index contributed by atoms with van der Waals surface area (Å²) in [7, 11) is 0. The van der Waals surface area contributed by atoms with E-state index in [0.717, 1.165) is 50.0 Å². The van der Waals surface area contributed by atoms with Crippen LogP contribution in [0.4, 0.5) is 5.69 Å². The number of benzene rings is 3. The Kier molecular flexibility index (Phi) is 6.94. The van der Waals surface area contributed by atoms with Gasteiger partial charge in [0.05, 0.1) is 11.7 Å². The Balaban J connectivity index is 1.36. The van der Waals surface area contributed by atoms with Gasteiger partial charge in [-0.3, -0.25) is 4.98 Å². The monoisotopic (exact) mass is 595 g/mol. The van der Waals surface area contributed by atoms with Gasteiger partial charge in [0.15, 0.2) is 5.11 Å². The van der Waals surface area contributed by atoms with Gasteiger partial charge in [0.2, 0.25) is 0 Å². The first-order chi connectivity index (χ1) is 19.0. The molecule has 2 aromatic heterocycles. The summed E-state index contributed by atoms with van der Waals surface area (Å²) in [6.45, 7) is 4.10. The molecule has 1 saturated heterocycles. The Bertz CT molecular complexity index is 1640. The first kappa shape index (κ1) is 25.3. The summed E-state index contributed by atoms with van der Waals surface area (Å²) in [6, 6.07) is 31.7. The number of para-hydroxylation sites is 1. The van der Waals surface area contributed by atoms with Crippen LogP contribution in [0, 0.1) is 13.8 Å². The second-order valence-corrected chi connectivity index (χ2v) is 10.8. The number of halogens is 1. The molecular formula is C32H26BrN3O2S. The molecule has 1 fully saturated rings. The smallest absolute Gasteiger partial charge is 0.174 e. The maximum absolute atomic E-state index is 6.52. The molecule has 7 heteroatoms. The molecule has 3 aromatic carbocycles. The average Bonchev–Trinajstić information content (AvgIpc) is 3.55. The van der Waals surface area contributed by atoms with E-state index in [-0.39, 0.29) is 12.1 Å². The summed E-state index contributed by atoms with van der Waals surface area (Å²) in [5, 5.41) is 4.10. The van der Waals surface area contributed by atoms with Gasteiger partial charge in [0.1, 0.15) is 29.1 Å². The lowest BCUT2D eigenvalue weighted by atomic mass is 10.0. The third kappa shape index (κ3) is 5.07. The minimum atomic E-state index is -0.242. The van der Waals surface area contributed by atoms with Gasteiger partial charge < -0.3 is 19.4 Å². The number of hydrogen-bond acceptors (Lipinski definition) is 4. The molecule has 194 valence electrons. The molecule has 0 aliphatic carbocycles. The highest BCUT2D eigenvalue weighted by Crippen LogP contribution is 2.44. The van der Waals surface area contributed by atoms with Crippen molar-refractivity contribution in [2.45, 2.75) is 25.9 Å². The molecule has 0 unspecified atom stereocenters. The molecule has 0 spiro atoms. The number of furan rings is 1. The maximum Gasteiger partial charge on any atom is 0.174 e. The molecular weight excluding hydrogens is 570 g/mol. The van der Waals surface area contributed by atoms with Gasteiger partial charge >= 0.3 is 0 Å². The Morgan fingerprint density at radius 1 is 0.923 bits per heavy atom. The van der Waals surface area contributed by atoms with E-state index in [1.807, 2.05) is 85.8 Å². The van der Waals surface area contributed by atoms with E-state index in [2.05, 4.69) is 56.3 Å².